The summed E-state index contributed by atoms with van der Waals surface area (Å²) in [7, 11) is 0. The second kappa shape index (κ2) is 16.6. The van der Waals surface area contributed by atoms with Crippen LogP contribution in [0.3, 0.4) is 0 Å². The molecule has 2 aliphatic heterocycles. The zero-order chi connectivity index (χ0) is 33.0. The first-order valence-corrected chi connectivity index (χ1v) is 16.0. The first-order valence-electron chi connectivity index (χ1n) is 16.0. The average Bonchev–Trinajstić information content (AvgIpc) is 3.10. The minimum Gasteiger partial charge on any atom is -0.462 e. The van der Waals surface area contributed by atoms with E-state index in [1.807, 2.05) is 84.9 Å². The molecule has 0 radical (unpaired) electrons. The normalized spacial score (nSPS) is 21.7. The van der Waals surface area contributed by atoms with Crippen molar-refractivity contribution in [3.63, 3.8) is 0 Å². The van der Waals surface area contributed by atoms with Crippen LogP contribution in [0.15, 0.2) is 97.1 Å². The second-order valence-electron chi connectivity index (χ2n) is 12.0. The molecule has 0 aliphatic carbocycles. The van der Waals surface area contributed by atoms with Crippen molar-refractivity contribution in [1.82, 2.24) is 15.5 Å². The molecule has 10 heteroatoms. The Labute approximate surface area is 274 Å². The van der Waals surface area contributed by atoms with Gasteiger partial charge in [-0.1, -0.05) is 97.1 Å². The van der Waals surface area contributed by atoms with Crippen LogP contribution >= 0.6 is 0 Å². The zero-order valence-corrected chi connectivity index (χ0v) is 26.3. The van der Waals surface area contributed by atoms with Gasteiger partial charge in [-0.05, 0) is 47.9 Å². The third kappa shape index (κ3) is 9.52. The molecule has 0 aromatic heterocycles. The maximum Gasteiger partial charge on any atom is 0.408 e. The maximum absolute atomic E-state index is 13.7. The lowest BCUT2D eigenvalue weighted by molar-refractivity contribution is -0.147. The number of cyclic esters (lactones) is 1. The minimum absolute atomic E-state index is 0.0465. The number of rotatable bonds is 8. The number of allylic oxidation sites excluding steroid dienone is 1. The fourth-order valence-corrected chi connectivity index (χ4v) is 5.92. The number of amides is 3. The molecule has 47 heavy (non-hydrogen) atoms. The van der Waals surface area contributed by atoms with E-state index in [2.05, 4.69) is 10.6 Å². The van der Waals surface area contributed by atoms with Gasteiger partial charge >= 0.3 is 12.1 Å². The summed E-state index contributed by atoms with van der Waals surface area (Å²) in [6.07, 6.45) is 3.92. The molecule has 2 aliphatic rings. The molecule has 0 saturated heterocycles. The number of aliphatic hydroxyl groups excluding tert-OH is 1. The fraction of sp³-hybridized carbons (Fsp3) is 0.351. The highest BCUT2D eigenvalue weighted by Crippen LogP contribution is 2.25. The van der Waals surface area contributed by atoms with Crippen LogP contribution in [0.4, 0.5) is 4.79 Å². The number of fused-ring (bicyclic) bond motifs is 1. The van der Waals surface area contributed by atoms with Crippen molar-refractivity contribution < 1.29 is 33.8 Å². The molecule has 3 N–H and O–H groups in total. The highest BCUT2D eigenvalue weighted by molar-refractivity contribution is 5.86. The molecule has 0 saturated carbocycles. The highest BCUT2D eigenvalue weighted by Gasteiger charge is 2.33. The summed E-state index contributed by atoms with van der Waals surface area (Å²) in [4.78, 5) is 54.8. The molecule has 246 valence electrons. The van der Waals surface area contributed by atoms with E-state index in [4.69, 9.17) is 9.47 Å². The van der Waals surface area contributed by atoms with Gasteiger partial charge in [0.15, 0.2) is 0 Å². The number of alkyl carbamates (subject to hydrolysis) is 1. The molecule has 5 rings (SSSR count). The molecule has 0 fully saturated rings. The molecule has 3 amide bonds. The van der Waals surface area contributed by atoms with E-state index in [9.17, 15) is 24.3 Å². The molecule has 3 aromatic carbocycles. The predicted octanol–water partition coefficient (Wildman–Crippen LogP) is 3.85. The van der Waals surface area contributed by atoms with Gasteiger partial charge < -0.3 is 30.1 Å². The monoisotopic (exact) mass is 639 g/mol. The maximum atomic E-state index is 13.7. The SMILES string of the molecule is O=C(N[C@@H]1CC=CC[C@H](CC(=O)N2Cc3ccccc3C[C@H]2CO)C(=O)N[C@@H](Cc2ccccc2)COC1=O)OCc1ccccc1. The van der Waals surface area contributed by atoms with Crippen molar-refractivity contribution in [1.29, 1.82) is 0 Å². The molecule has 3 aromatic rings. The van der Waals surface area contributed by atoms with Crippen LogP contribution in [0.5, 0.6) is 0 Å². The highest BCUT2D eigenvalue weighted by atomic mass is 16.6. The van der Waals surface area contributed by atoms with Crippen LogP contribution in [0.1, 0.15) is 41.5 Å². The Morgan fingerprint density at radius 2 is 1.55 bits per heavy atom. The quantitative estimate of drug-likeness (QED) is 0.252. The third-order valence-electron chi connectivity index (χ3n) is 8.52. The van der Waals surface area contributed by atoms with Crippen LogP contribution in [-0.4, -0.2) is 65.2 Å². The van der Waals surface area contributed by atoms with E-state index >= 15 is 0 Å². The van der Waals surface area contributed by atoms with Crippen LogP contribution in [0.2, 0.25) is 0 Å². The van der Waals surface area contributed by atoms with Crippen molar-refractivity contribution in [2.75, 3.05) is 13.2 Å². The standard InChI is InChI=1S/C37H41N3O7/c41-23-32-20-28-15-7-8-17-30(28)22-40(32)34(42)21-29-16-9-10-18-33(39-37(45)47-24-27-13-5-2-6-14-27)36(44)46-25-31(38-35(29)43)19-26-11-3-1-4-12-26/h1-15,17,29,31-33,41H,16,18-25H2,(H,38,43)(H,39,45)/t29-,31+,32+,33-/m1/s1. The lowest BCUT2D eigenvalue weighted by atomic mass is 9.92. The van der Waals surface area contributed by atoms with E-state index < -0.39 is 30.1 Å². The van der Waals surface area contributed by atoms with Gasteiger partial charge in [0.2, 0.25) is 11.8 Å². The Hall–Kier alpha value is -4.96. The Morgan fingerprint density at radius 3 is 2.28 bits per heavy atom. The number of benzene rings is 3. The summed E-state index contributed by atoms with van der Waals surface area (Å²) in [5.41, 5.74) is 3.88. The van der Waals surface area contributed by atoms with Crippen molar-refractivity contribution in [2.24, 2.45) is 5.92 Å². The summed E-state index contributed by atoms with van der Waals surface area (Å²) in [5, 5.41) is 15.7. The Bertz CT molecular complexity index is 1550. The van der Waals surface area contributed by atoms with Crippen molar-refractivity contribution in [2.45, 2.75) is 63.4 Å². The van der Waals surface area contributed by atoms with E-state index in [-0.39, 0.29) is 56.9 Å². The predicted molar refractivity (Wildman–Crippen MR) is 175 cm³/mol. The van der Waals surface area contributed by atoms with Crippen molar-refractivity contribution in [3.05, 3.63) is 119 Å². The number of nitrogens with one attached hydrogen (secondary N) is 2. The molecule has 0 bridgehead atoms. The van der Waals surface area contributed by atoms with Gasteiger partial charge in [-0.15, -0.1) is 0 Å². The molecule has 4 atom stereocenters. The molecule has 0 spiro atoms. The zero-order valence-electron chi connectivity index (χ0n) is 26.3. The first kappa shape index (κ1) is 33.4. The molecule has 0 unspecified atom stereocenters. The Kier molecular flexibility index (Phi) is 11.8. The fourth-order valence-electron chi connectivity index (χ4n) is 5.92. The molecular weight excluding hydrogens is 598 g/mol. The number of carbonyl (C=O) groups is 4. The summed E-state index contributed by atoms with van der Waals surface area (Å²) in [6.45, 7) is 0.107. The van der Waals surface area contributed by atoms with Gasteiger partial charge in [0.25, 0.3) is 0 Å². The smallest absolute Gasteiger partial charge is 0.408 e. The first-order chi connectivity index (χ1) is 22.9. The number of carbonyl (C=O) groups excluding carboxylic acids is 4. The van der Waals surface area contributed by atoms with E-state index in [0.29, 0.717) is 19.4 Å². The molecular formula is C37H41N3O7. The third-order valence-corrected chi connectivity index (χ3v) is 8.52. The second-order valence-corrected chi connectivity index (χ2v) is 12.0. The van der Waals surface area contributed by atoms with Crippen LogP contribution < -0.4 is 10.6 Å². The van der Waals surface area contributed by atoms with Gasteiger partial charge in [-0.25, -0.2) is 9.59 Å². The average molecular weight is 640 g/mol. The minimum atomic E-state index is -1.01. The summed E-state index contributed by atoms with van der Waals surface area (Å²) in [6, 6.07) is 24.6. The molecule has 2 heterocycles. The summed E-state index contributed by atoms with van der Waals surface area (Å²) in [5.74, 6) is -1.89. The number of hydrogen-bond donors (Lipinski definition) is 3. The lowest BCUT2D eigenvalue weighted by Crippen LogP contribution is -2.49. The van der Waals surface area contributed by atoms with Crippen LogP contribution in [0.25, 0.3) is 0 Å². The van der Waals surface area contributed by atoms with Crippen molar-refractivity contribution >= 4 is 23.9 Å². The Morgan fingerprint density at radius 1 is 0.894 bits per heavy atom. The van der Waals surface area contributed by atoms with Crippen LogP contribution in [0, 0.1) is 5.92 Å². The number of hydrogen-bond acceptors (Lipinski definition) is 7. The lowest BCUT2D eigenvalue weighted by Gasteiger charge is -2.36. The van der Waals surface area contributed by atoms with Gasteiger partial charge in [0.05, 0.1) is 24.6 Å². The summed E-state index contributed by atoms with van der Waals surface area (Å²) < 4.78 is 11.0. The number of ether oxygens (including phenoxy) is 2. The summed E-state index contributed by atoms with van der Waals surface area (Å²) >= 11 is 0. The van der Waals surface area contributed by atoms with Gasteiger partial charge in [-0.2, -0.15) is 0 Å². The largest absolute Gasteiger partial charge is 0.462 e. The van der Waals surface area contributed by atoms with Gasteiger partial charge in [0, 0.05) is 13.0 Å². The van der Waals surface area contributed by atoms with E-state index in [1.165, 1.54) is 0 Å². The topological polar surface area (TPSA) is 134 Å². The van der Waals surface area contributed by atoms with Crippen molar-refractivity contribution in [3.8, 4) is 0 Å². The van der Waals surface area contributed by atoms with Gasteiger partial charge in [-0.3, -0.25) is 9.59 Å². The van der Waals surface area contributed by atoms with E-state index in [0.717, 1.165) is 22.3 Å². The van der Waals surface area contributed by atoms with Crippen LogP contribution in [-0.2, 0) is 49.9 Å². The van der Waals surface area contributed by atoms with E-state index in [1.54, 1.807) is 17.1 Å². The number of aliphatic hydroxyl groups is 1. The van der Waals surface area contributed by atoms with Gasteiger partial charge in [0.1, 0.15) is 19.3 Å². The molecule has 10 nitrogen and oxygen atoms in total. The Balaban J connectivity index is 1.30. The number of nitrogens with zero attached hydrogens (tertiary/aromatic N) is 1. The number of esters is 1.